The second-order valence-electron chi connectivity index (χ2n) is 4.32. The van der Waals surface area contributed by atoms with Gasteiger partial charge in [-0.05, 0) is 19.5 Å². The number of carbonyl (C=O) groups excluding carboxylic acids is 1. The van der Waals surface area contributed by atoms with Crippen LogP contribution in [-0.4, -0.2) is 63.0 Å². The van der Waals surface area contributed by atoms with Crippen molar-refractivity contribution in [3.63, 3.8) is 0 Å². The normalized spacial score (nSPS) is 22.9. The number of carbonyl (C=O) groups is 1. The molecular weight excluding hydrogens is 242 g/mol. The van der Waals surface area contributed by atoms with E-state index in [0.29, 0.717) is 32.6 Å². The molecule has 6 nitrogen and oxygen atoms in total. The largest absolute Gasteiger partial charge is 0.368 e. The Morgan fingerprint density at radius 2 is 2.12 bits per heavy atom. The Labute approximate surface area is 102 Å². The summed E-state index contributed by atoms with van der Waals surface area (Å²) >= 11 is 0. The smallest absolute Gasteiger partial charge is 0.235 e. The maximum absolute atomic E-state index is 11.4. The molecule has 0 bridgehead atoms. The van der Waals surface area contributed by atoms with Gasteiger partial charge in [0.1, 0.15) is 0 Å². The molecule has 1 heterocycles. The fraction of sp³-hybridized carbons (Fsp3) is 0.900. The lowest BCUT2D eigenvalue weighted by atomic mass is 10.2. The van der Waals surface area contributed by atoms with Crippen molar-refractivity contribution >= 4 is 15.7 Å². The van der Waals surface area contributed by atoms with Gasteiger partial charge in [0, 0.05) is 13.1 Å². The molecule has 100 valence electrons. The van der Waals surface area contributed by atoms with Crippen LogP contribution in [0.3, 0.4) is 0 Å². The zero-order valence-electron chi connectivity index (χ0n) is 10.2. The molecule has 1 rings (SSSR count). The van der Waals surface area contributed by atoms with Crippen molar-refractivity contribution in [2.45, 2.75) is 19.4 Å². The minimum absolute atomic E-state index is 0.171. The van der Waals surface area contributed by atoms with E-state index in [1.165, 1.54) is 0 Å². The number of nitrogens with zero attached hydrogens (tertiary/aromatic N) is 1. The summed E-state index contributed by atoms with van der Waals surface area (Å²) in [6, 6.07) is -0.402. The predicted molar refractivity (Wildman–Crippen MR) is 66.4 cm³/mol. The van der Waals surface area contributed by atoms with E-state index >= 15 is 0 Å². The van der Waals surface area contributed by atoms with Crippen LogP contribution in [0.1, 0.15) is 13.3 Å². The molecule has 1 fully saturated rings. The number of amides is 1. The van der Waals surface area contributed by atoms with Gasteiger partial charge in [-0.1, -0.05) is 6.92 Å². The SMILES string of the molecule is CCNC(CN1CCCS(=O)(=O)CC1)C(N)=O. The van der Waals surface area contributed by atoms with Crippen LogP contribution in [0.15, 0.2) is 0 Å². The van der Waals surface area contributed by atoms with E-state index < -0.39 is 15.9 Å². The second-order valence-corrected chi connectivity index (χ2v) is 6.62. The van der Waals surface area contributed by atoms with Crippen molar-refractivity contribution < 1.29 is 13.2 Å². The van der Waals surface area contributed by atoms with Gasteiger partial charge in [0.2, 0.25) is 5.91 Å². The predicted octanol–water partition coefficient (Wildman–Crippen LogP) is -1.43. The summed E-state index contributed by atoms with van der Waals surface area (Å²) in [7, 11) is -2.90. The molecule has 1 amide bonds. The molecule has 0 aromatic heterocycles. The van der Waals surface area contributed by atoms with Gasteiger partial charge in [-0.25, -0.2) is 8.42 Å². The van der Waals surface area contributed by atoms with Crippen LogP contribution in [0.5, 0.6) is 0 Å². The minimum Gasteiger partial charge on any atom is -0.368 e. The topological polar surface area (TPSA) is 92.5 Å². The van der Waals surface area contributed by atoms with Gasteiger partial charge in [-0.3, -0.25) is 4.79 Å². The molecule has 0 aromatic carbocycles. The van der Waals surface area contributed by atoms with E-state index in [4.69, 9.17) is 5.73 Å². The maximum Gasteiger partial charge on any atom is 0.235 e. The second kappa shape index (κ2) is 6.32. The molecule has 7 heteroatoms. The summed E-state index contributed by atoms with van der Waals surface area (Å²) in [6.45, 7) is 4.24. The summed E-state index contributed by atoms with van der Waals surface area (Å²) in [5.74, 6) is 0.0234. The van der Waals surface area contributed by atoms with Crippen LogP contribution in [0, 0.1) is 0 Å². The van der Waals surface area contributed by atoms with Gasteiger partial charge in [0.05, 0.1) is 17.5 Å². The van der Waals surface area contributed by atoms with Crippen molar-refractivity contribution in [1.29, 1.82) is 0 Å². The van der Waals surface area contributed by atoms with Crippen molar-refractivity contribution in [3.05, 3.63) is 0 Å². The maximum atomic E-state index is 11.4. The molecule has 1 aliphatic heterocycles. The first-order chi connectivity index (χ1) is 7.94. The first kappa shape index (κ1) is 14.4. The Kier molecular flexibility index (Phi) is 5.35. The van der Waals surface area contributed by atoms with E-state index in [9.17, 15) is 13.2 Å². The third kappa shape index (κ3) is 5.01. The number of nitrogens with two attached hydrogens (primary N) is 1. The van der Waals surface area contributed by atoms with Crippen LogP contribution in [0.25, 0.3) is 0 Å². The number of hydrogen-bond donors (Lipinski definition) is 2. The third-order valence-electron chi connectivity index (χ3n) is 2.88. The molecule has 0 aliphatic carbocycles. The molecule has 0 radical (unpaired) electrons. The van der Waals surface area contributed by atoms with E-state index in [-0.39, 0.29) is 17.4 Å². The van der Waals surface area contributed by atoms with Crippen LogP contribution < -0.4 is 11.1 Å². The molecule has 0 saturated carbocycles. The summed E-state index contributed by atoms with van der Waals surface area (Å²) in [5, 5.41) is 3.00. The Morgan fingerprint density at radius 3 is 2.71 bits per heavy atom. The van der Waals surface area contributed by atoms with E-state index in [2.05, 4.69) is 5.32 Å². The van der Waals surface area contributed by atoms with Gasteiger partial charge in [0.25, 0.3) is 0 Å². The molecule has 1 unspecified atom stereocenters. The number of sulfone groups is 1. The standard InChI is InChI=1S/C10H21N3O3S/c1-2-12-9(10(11)14)8-13-4-3-6-17(15,16)7-5-13/h9,12H,2-8H2,1H3,(H2,11,14). The van der Waals surface area contributed by atoms with Gasteiger partial charge in [-0.2, -0.15) is 0 Å². The van der Waals surface area contributed by atoms with Crippen molar-refractivity contribution in [3.8, 4) is 0 Å². The number of rotatable bonds is 5. The highest BCUT2D eigenvalue weighted by Crippen LogP contribution is 2.05. The zero-order chi connectivity index (χ0) is 12.9. The van der Waals surface area contributed by atoms with Crippen molar-refractivity contribution in [2.75, 3.05) is 37.7 Å². The lowest BCUT2D eigenvalue weighted by Crippen LogP contribution is -2.49. The highest BCUT2D eigenvalue weighted by atomic mass is 32.2. The first-order valence-corrected chi connectivity index (χ1v) is 7.72. The molecule has 0 spiro atoms. The van der Waals surface area contributed by atoms with Crippen LogP contribution in [0.4, 0.5) is 0 Å². The highest BCUT2D eigenvalue weighted by Gasteiger charge is 2.23. The Bertz CT molecular complexity index is 356. The van der Waals surface area contributed by atoms with Crippen LogP contribution in [-0.2, 0) is 14.6 Å². The minimum atomic E-state index is -2.90. The van der Waals surface area contributed by atoms with Crippen molar-refractivity contribution in [1.82, 2.24) is 10.2 Å². The number of nitrogens with one attached hydrogen (secondary N) is 1. The Morgan fingerprint density at radius 1 is 1.41 bits per heavy atom. The first-order valence-electron chi connectivity index (χ1n) is 5.90. The average Bonchev–Trinajstić information content (AvgIpc) is 2.39. The van der Waals surface area contributed by atoms with Gasteiger partial charge < -0.3 is 16.0 Å². The summed E-state index contributed by atoms with van der Waals surface area (Å²) in [6.07, 6.45) is 0.625. The van der Waals surface area contributed by atoms with Crippen LogP contribution in [0.2, 0.25) is 0 Å². The Hall–Kier alpha value is -0.660. The van der Waals surface area contributed by atoms with E-state index in [0.717, 1.165) is 0 Å². The molecule has 0 aromatic rings. The van der Waals surface area contributed by atoms with Gasteiger partial charge in [-0.15, -0.1) is 0 Å². The molecule has 17 heavy (non-hydrogen) atoms. The monoisotopic (exact) mass is 263 g/mol. The summed E-state index contributed by atoms with van der Waals surface area (Å²) in [4.78, 5) is 13.2. The molecule has 3 N–H and O–H groups in total. The number of primary amides is 1. The molecule has 1 saturated heterocycles. The van der Waals surface area contributed by atoms with Crippen LogP contribution >= 0.6 is 0 Å². The van der Waals surface area contributed by atoms with Gasteiger partial charge >= 0.3 is 0 Å². The lowest BCUT2D eigenvalue weighted by molar-refractivity contribution is -0.120. The average molecular weight is 263 g/mol. The Balaban J connectivity index is 2.52. The van der Waals surface area contributed by atoms with E-state index in [1.807, 2.05) is 11.8 Å². The highest BCUT2D eigenvalue weighted by molar-refractivity contribution is 7.91. The number of likely N-dealkylation sites (N-methyl/N-ethyl adjacent to an activating group) is 1. The summed E-state index contributed by atoms with van der Waals surface area (Å²) in [5.41, 5.74) is 5.29. The lowest BCUT2D eigenvalue weighted by Gasteiger charge is -2.24. The van der Waals surface area contributed by atoms with Gasteiger partial charge in [0.15, 0.2) is 9.84 Å². The molecular formula is C10H21N3O3S. The van der Waals surface area contributed by atoms with E-state index in [1.54, 1.807) is 0 Å². The summed E-state index contributed by atoms with van der Waals surface area (Å²) < 4.78 is 22.9. The number of hydrogen-bond acceptors (Lipinski definition) is 5. The fourth-order valence-electron chi connectivity index (χ4n) is 1.93. The fourth-order valence-corrected chi connectivity index (χ4v) is 3.24. The zero-order valence-corrected chi connectivity index (χ0v) is 11.0. The van der Waals surface area contributed by atoms with Crippen molar-refractivity contribution in [2.24, 2.45) is 5.73 Å². The molecule has 1 aliphatic rings. The molecule has 1 atom stereocenters. The quantitative estimate of drug-likeness (QED) is 0.634. The third-order valence-corrected chi connectivity index (χ3v) is 4.60.